The minimum Gasteiger partial charge on any atom is -0.492 e. The minimum absolute atomic E-state index is 0.0336. The zero-order valence-electron chi connectivity index (χ0n) is 17.0. The molecule has 8 heteroatoms. The maximum Gasteiger partial charge on any atom is 0.264 e. The van der Waals surface area contributed by atoms with Crippen LogP contribution in [-0.2, 0) is 14.8 Å². The molecular weight excluding hydrogens is 419 g/mol. The highest BCUT2D eigenvalue weighted by Gasteiger charge is 2.28. The van der Waals surface area contributed by atoms with Gasteiger partial charge in [-0.2, -0.15) is 0 Å². The number of benzene rings is 3. The first kappa shape index (κ1) is 22.3. The van der Waals surface area contributed by atoms with Crippen molar-refractivity contribution in [1.29, 1.82) is 0 Å². The normalized spacial score (nSPS) is 11.0. The lowest BCUT2D eigenvalue weighted by atomic mass is 10.2. The molecule has 162 valence electrons. The summed E-state index contributed by atoms with van der Waals surface area (Å²) in [6.07, 6.45) is 0. The van der Waals surface area contributed by atoms with Crippen molar-refractivity contribution < 1.29 is 22.3 Å². The molecule has 0 unspecified atom stereocenters. The lowest BCUT2D eigenvalue weighted by Gasteiger charge is -2.24. The topological polar surface area (TPSA) is 75.7 Å². The third-order valence-corrected chi connectivity index (χ3v) is 6.23. The van der Waals surface area contributed by atoms with Crippen LogP contribution in [0.3, 0.4) is 0 Å². The van der Waals surface area contributed by atoms with Crippen LogP contribution in [0.4, 0.5) is 10.1 Å². The average Bonchev–Trinajstić information content (AvgIpc) is 2.77. The Labute approximate surface area is 181 Å². The summed E-state index contributed by atoms with van der Waals surface area (Å²) in [5.41, 5.74) is 0.908. The highest BCUT2D eigenvalue weighted by Crippen LogP contribution is 2.25. The Hall–Kier alpha value is -3.39. The zero-order chi connectivity index (χ0) is 22.3. The monoisotopic (exact) mass is 442 g/mol. The highest BCUT2D eigenvalue weighted by atomic mass is 32.2. The average molecular weight is 443 g/mol. The third kappa shape index (κ3) is 5.82. The van der Waals surface area contributed by atoms with Crippen molar-refractivity contribution in [2.75, 3.05) is 24.0 Å². The number of sulfonamides is 1. The van der Waals surface area contributed by atoms with E-state index in [9.17, 15) is 17.6 Å². The van der Waals surface area contributed by atoms with E-state index in [1.54, 1.807) is 18.2 Å². The number of halogens is 1. The molecule has 0 aliphatic rings. The lowest BCUT2D eigenvalue weighted by Crippen LogP contribution is -2.42. The molecular formula is C23H23FN2O4S. The number of nitrogens with one attached hydrogen (secondary N) is 1. The number of carbonyl (C=O) groups excluding carboxylic acids is 1. The van der Waals surface area contributed by atoms with Gasteiger partial charge < -0.3 is 10.1 Å². The van der Waals surface area contributed by atoms with Gasteiger partial charge in [-0.25, -0.2) is 12.8 Å². The van der Waals surface area contributed by atoms with Gasteiger partial charge in [0.1, 0.15) is 24.7 Å². The van der Waals surface area contributed by atoms with Crippen LogP contribution < -0.4 is 14.4 Å². The van der Waals surface area contributed by atoms with E-state index < -0.39 is 28.3 Å². The summed E-state index contributed by atoms with van der Waals surface area (Å²) in [5, 5.41) is 2.62. The van der Waals surface area contributed by atoms with Gasteiger partial charge in [-0.15, -0.1) is 0 Å². The van der Waals surface area contributed by atoms with Crippen molar-refractivity contribution >= 4 is 21.6 Å². The number of rotatable bonds is 9. The van der Waals surface area contributed by atoms with E-state index in [2.05, 4.69) is 5.32 Å². The maximum absolute atomic E-state index is 14.4. The Kier molecular flexibility index (Phi) is 7.25. The van der Waals surface area contributed by atoms with Crippen molar-refractivity contribution in [3.05, 3.63) is 90.2 Å². The third-order valence-electron chi connectivity index (χ3n) is 4.45. The quantitative estimate of drug-likeness (QED) is 0.515. The molecule has 0 fully saturated rings. The Balaban J connectivity index is 1.69. The summed E-state index contributed by atoms with van der Waals surface area (Å²) in [4.78, 5) is 12.4. The fraction of sp³-hybridized carbons (Fsp3) is 0.174. The summed E-state index contributed by atoms with van der Waals surface area (Å²) in [6.45, 7) is 1.78. The molecule has 0 spiro atoms. The van der Waals surface area contributed by atoms with Gasteiger partial charge in [0.2, 0.25) is 5.91 Å². The standard InChI is InChI=1S/C23H23FN2O4S/c1-18-11-13-19(14-12-18)30-16-15-25-23(27)17-26(22-10-6-5-9-21(22)24)31(28,29)20-7-3-2-4-8-20/h2-14H,15-17H2,1H3,(H,25,27). The van der Waals surface area contributed by atoms with E-state index in [1.807, 2.05) is 31.2 Å². The number of aryl methyl sites for hydroxylation is 1. The van der Waals surface area contributed by atoms with Crippen LogP contribution in [-0.4, -0.2) is 34.0 Å². The Morgan fingerprint density at radius 2 is 1.61 bits per heavy atom. The van der Waals surface area contributed by atoms with Gasteiger partial charge in [0.15, 0.2) is 0 Å². The molecule has 0 bridgehead atoms. The molecule has 1 N–H and O–H groups in total. The second-order valence-corrected chi connectivity index (χ2v) is 8.65. The highest BCUT2D eigenvalue weighted by molar-refractivity contribution is 7.92. The first-order valence-electron chi connectivity index (χ1n) is 9.66. The molecule has 0 aliphatic heterocycles. The van der Waals surface area contributed by atoms with Crippen LogP contribution in [0.2, 0.25) is 0 Å². The molecule has 0 aromatic heterocycles. The molecule has 0 atom stereocenters. The first-order chi connectivity index (χ1) is 14.9. The van der Waals surface area contributed by atoms with Crippen LogP contribution in [0.1, 0.15) is 5.56 Å². The molecule has 0 aliphatic carbocycles. The number of amides is 1. The second kappa shape index (κ2) is 10.1. The number of hydrogen-bond donors (Lipinski definition) is 1. The molecule has 1 amide bonds. The number of nitrogens with zero attached hydrogens (tertiary/aromatic N) is 1. The molecule has 31 heavy (non-hydrogen) atoms. The molecule has 3 rings (SSSR count). The van der Waals surface area contributed by atoms with E-state index >= 15 is 0 Å². The number of carbonyl (C=O) groups is 1. The first-order valence-corrected chi connectivity index (χ1v) is 11.1. The number of anilines is 1. The minimum atomic E-state index is -4.15. The molecule has 0 saturated heterocycles. The van der Waals surface area contributed by atoms with Gasteiger partial charge in [-0.1, -0.05) is 48.0 Å². The summed E-state index contributed by atoms with van der Waals surface area (Å²) in [5.74, 6) is -0.646. The number of para-hydroxylation sites is 1. The SMILES string of the molecule is Cc1ccc(OCCNC(=O)CN(c2ccccc2F)S(=O)(=O)c2ccccc2)cc1. The number of hydrogen-bond acceptors (Lipinski definition) is 4. The Morgan fingerprint density at radius 1 is 0.968 bits per heavy atom. The van der Waals surface area contributed by atoms with Gasteiger partial charge in [0.05, 0.1) is 17.1 Å². The molecule has 6 nitrogen and oxygen atoms in total. The fourth-order valence-electron chi connectivity index (χ4n) is 2.85. The van der Waals surface area contributed by atoms with Crippen molar-refractivity contribution in [3.8, 4) is 5.75 Å². The van der Waals surface area contributed by atoms with E-state index in [0.29, 0.717) is 5.75 Å². The zero-order valence-corrected chi connectivity index (χ0v) is 17.8. The van der Waals surface area contributed by atoms with E-state index in [-0.39, 0.29) is 23.7 Å². The Morgan fingerprint density at radius 3 is 2.29 bits per heavy atom. The predicted molar refractivity (Wildman–Crippen MR) is 117 cm³/mol. The number of ether oxygens (including phenoxy) is 1. The summed E-state index contributed by atoms with van der Waals surface area (Å²) in [7, 11) is -4.15. The van der Waals surface area contributed by atoms with Gasteiger partial charge >= 0.3 is 0 Å². The Bertz CT molecular complexity index is 1120. The molecule has 0 saturated carbocycles. The van der Waals surface area contributed by atoms with Gasteiger partial charge in [-0.05, 0) is 43.3 Å². The fourth-order valence-corrected chi connectivity index (χ4v) is 4.30. The molecule has 0 radical (unpaired) electrons. The molecule has 0 heterocycles. The van der Waals surface area contributed by atoms with Crippen molar-refractivity contribution in [2.24, 2.45) is 0 Å². The summed E-state index contributed by atoms with van der Waals surface area (Å²) < 4.78 is 47.0. The van der Waals surface area contributed by atoms with Crippen LogP contribution >= 0.6 is 0 Å². The molecule has 3 aromatic carbocycles. The van der Waals surface area contributed by atoms with E-state index in [0.717, 1.165) is 15.9 Å². The summed E-state index contributed by atoms with van der Waals surface area (Å²) in [6, 6.07) is 20.5. The second-order valence-electron chi connectivity index (χ2n) is 6.79. The maximum atomic E-state index is 14.4. The van der Waals surface area contributed by atoms with E-state index in [1.165, 1.54) is 30.3 Å². The van der Waals surface area contributed by atoms with Crippen molar-refractivity contribution in [1.82, 2.24) is 5.32 Å². The van der Waals surface area contributed by atoms with Crippen LogP contribution in [0, 0.1) is 12.7 Å². The lowest BCUT2D eigenvalue weighted by molar-refractivity contribution is -0.119. The van der Waals surface area contributed by atoms with E-state index in [4.69, 9.17) is 4.74 Å². The largest absolute Gasteiger partial charge is 0.492 e. The van der Waals surface area contributed by atoms with Crippen molar-refractivity contribution in [2.45, 2.75) is 11.8 Å². The molecule has 3 aromatic rings. The van der Waals surface area contributed by atoms with Gasteiger partial charge in [0, 0.05) is 0 Å². The van der Waals surface area contributed by atoms with Crippen LogP contribution in [0.25, 0.3) is 0 Å². The van der Waals surface area contributed by atoms with Crippen molar-refractivity contribution in [3.63, 3.8) is 0 Å². The van der Waals surface area contributed by atoms with Crippen LogP contribution in [0.5, 0.6) is 5.75 Å². The van der Waals surface area contributed by atoms with Crippen LogP contribution in [0.15, 0.2) is 83.8 Å². The predicted octanol–water partition coefficient (Wildman–Crippen LogP) is 3.52. The summed E-state index contributed by atoms with van der Waals surface area (Å²) >= 11 is 0. The van der Waals surface area contributed by atoms with Gasteiger partial charge in [0.25, 0.3) is 10.0 Å². The smallest absolute Gasteiger partial charge is 0.264 e. The van der Waals surface area contributed by atoms with Gasteiger partial charge in [-0.3, -0.25) is 9.10 Å².